The van der Waals surface area contributed by atoms with Crippen molar-refractivity contribution in [2.24, 2.45) is 0 Å². The van der Waals surface area contributed by atoms with Gasteiger partial charge in [-0.1, -0.05) is 6.42 Å². The molecule has 0 saturated heterocycles. The van der Waals surface area contributed by atoms with Crippen LogP contribution in [-0.4, -0.2) is 42.3 Å². The predicted molar refractivity (Wildman–Crippen MR) is 55.1 cm³/mol. The van der Waals surface area contributed by atoms with E-state index in [1.165, 1.54) is 6.42 Å². The molecule has 1 saturated carbocycles. The minimum absolute atomic E-state index is 0.139. The smallest absolute Gasteiger partial charge is 0.132 e. The largest absolute Gasteiger partial charge is 0.395 e. The summed E-state index contributed by atoms with van der Waals surface area (Å²) < 4.78 is 0. The van der Waals surface area contributed by atoms with Gasteiger partial charge in [0.2, 0.25) is 0 Å². The first kappa shape index (κ1) is 13.5. The van der Waals surface area contributed by atoms with E-state index in [4.69, 9.17) is 10.2 Å². The molecule has 0 aromatic rings. The van der Waals surface area contributed by atoms with Gasteiger partial charge in [-0.3, -0.25) is 4.79 Å². The molecule has 0 amide bonds. The van der Waals surface area contributed by atoms with Crippen LogP contribution in [0, 0.1) is 0 Å². The second-order valence-electron chi connectivity index (χ2n) is 3.30. The molecule has 1 aliphatic carbocycles. The van der Waals surface area contributed by atoms with E-state index < -0.39 is 0 Å². The van der Waals surface area contributed by atoms with Crippen LogP contribution >= 0.6 is 0 Å². The molecule has 0 aliphatic heterocycles. The van der Waals surface area contributed by atoms with Crippen LogP contribution in [0.2, 0.25) is 0 Å². The van der Waals surface area contributed by atoms with Crippen LogP contribution < -0.4 is 5.32 Å². The maximum absolute atomic E-state index is 10.5. The number of rotatable bonds is 4. The summed E-state index contributed by atoms with van der Waals surface area (Å²) in [6.07, 6.45) is 5.24. The molecule has 0 bridgehead atoms. The van der Waals surface area contributed by atoms with E-state index in [1.54, 1.807) is 0 Å². The molecule has 0 aromatic heterocycles. The third-order valence-electron chi connectivity index (χ3n) is 1.99. The van der Waals surface area contributed by atoms with Crippen LogP contribution in [0.5, 0.6) is 0 Å². The summed E-state index contributed by atoms with van der Waals surface area (Å²) in [5.74, 6) is 0.464. The van der Waals surface area contributed by atoms with Gasteiger partial charge in [-0.15, -0.1) is 0 Å². The molecule has 84 valence electrons. The first-order chi connectivity index (χ1) is 6.81. The highest BCUT2D eigenvalue weighted by Gasteiger charge is 2.05. The SMILES string of the molecule is O=C1CCCCC1.OCCNCCO. The fourth-order valence-electron chi connectivity index (χ4n) is 1.23. The Morgan fingerprint density at radius 2 is 1.50 bits per heavy atom. The first-order valence-electron chi connectivity index (χ1n) is 5.25. The van der Waals surface area contributed by atoms with Crippen molar-refractivity contribution in [3.63, 3.8) is 0 Å². The van der Waals surface area contributed by atoms with Crippen LogP contribution in [-0.2, 0) is 4.79 Å². The maximum Gasteiger partial charge on any atom is 0.132 e. The van der Waals surface area contributed by atoms with E-state index in [1.807, 2.05) is 0 Å². The number of hydrogen-bond acceptors (Lipinski definition) is 4. The second-order valence-corrected chi connectivity index (χ2v) is 3.30. The van der Waals surface area contributed by atoms with Gasteiger partial charge in [-0.2, -0.15) is 0 Å². The molecule has 0 radical (unpaired) electrons. The minimum atomic E-state index is 0.139. The van der Waals surface area contributed by atoms with E-state index in [0.717, 1.165) is 25.7 Å². The Morgan fingerprint density at radius 1 is 1.00 bits per heavy atom. The molecular formula is C10H21NO3. The van der Waals surface area contributed by atoms with Crippen molar-refractivity contribution in [2.45, 2.75) is 32.1 Å². The van der Waals surface area contributed by atoms with Crippen molar-refractivity contribution < 1.29 is 15.0 Å². The van der Waals surface area contributed by atoms with Crippen molar-refractivity contribution in [1.29, 1.82) is 0 Å². The zero-order valence-electron chi connectivity index (χ0n) is 8.67. The van der Waals surface area contributed by atoms with Gasteiger partial charge in [-0.05, 0) is 12.8 Å². The number of nitrogens with one attached hydrogen (secondary N) is 1. The Morgan fingerprint density at radius 3 is 1.79 bits per heavy atom. The number of Topliss-reactive ketones (excluding diaryl/α,β-unsaturated/α-hetero) is 1. The number of ketones is 1. The lowest BCUT2D eigenvalue weighted by molar-refractivity contribution is -0.120. The van der Waals surface area contributed by atoms with E-state index in [2.05, 4.69) is 5.32 Å². The fourth-order valence-corrected chi connectivity index (χ4v) is 1.23. The molecule has 3 N–H and O–H groups in total. The Labute approximate surface area is 85.3 Å². The third kappa shape index (κ3) is 9.64. The molecule has 0 spiro atoms. The molecule has 1 aliphatic rings. The number of hydrogen-bond donors (Lipinski definition) is 3. The van der Waals surface area contributed by atoms with Crippen LogP contribution in [0.15, 0.2) is 0 Å². The standard InChI is InChI=1S/C6H10O.C4H11NO2/c7-6-4-2-1-3-5-6;6-3-1-5-2-4-7/h1-5H2;5-7H,1-4H2. The third-order valence-corrected chi connectivity index (χ3v) is 1.99. The van der Waals surface area contributed by atoms with Crippen molar-refractivity contribution in [3.8, 4) is 0 Å². The van der Waals surface area contributed by atoms with Gasteiger partial charge < -0.3 is 15.5 Å². The first-order valence-corrected chi connectivity index (χ1v) is 5.25. The Hall–Kier alpha value is -0.450. The number of aliphatic hydroxyl groups excluding tert-OH is 2. The highest BCUT2D eigenvalue weighted by molar-refractivity contribution is 5.78. The summed E-state index contributed by atoms with van der Waals surface area (Å²) in [6, 6.07) is 0. The molecule has 14 heavy (non-hydrogen) atoms. The predicted octanol–water partition coefficient (Wildman–Crippen LogP) is 0.0802. The van der Waals surface area contributed by atoms with Gasteiger partial charge in [-0.25, -0.2) is 0 Å². The summed E-state index contributed by atoms with van der Waals surface area (Å²) in [5, 5.41) is 19.1. The summed E-state index contributed by atoms with van der Waals surface area (Å²) in [5.41, 5.74) is 0. The van der Waals surface area contributed by atoms with Gasteiger partial charge in [0.1, 0.15) is 5.78 Å². The van der Waals surface area contributed by atoms with Crippen molar-refractivity contribution in [3.05, 3.63) is 0 Å². The van der Waals surface area contributed by atoms with Crippen LogP contribution in [0.3, 0.4) is 0 Å². The lowest BCUT2D eigenvalue weighted by atomic mass is 10.00. The number of carbonyl (C=O) groups excluding carboxylic acids is 1. The Kier molecular flexibility index (Phi) is 10.3. The van der Waals surface area contributed by atoms with E-state index in [0.29, 0.717) is 18.9 Å². The van der Waals surface area contributed by atoms with E-state index >= 15 is 0 Å². The lowest BCUT2D eigenvalue weighted by Gasteiger charge is -2.05. The molecule has 1 fully saturated rings. The average Bonchev–Trinajstić information content (AvgIpc) is 2.21. The number of carbonyl (C=O) groups is 1. The van der Waals surface area contributed by atoms with Gasteiger partial charge in [0.15, 0.2) is 0 Å². The molecule has 4 nitrogen and oxygen atoms in total. The van der Waals surface area contributed by atoms with Crippen LogP contribution in [0.25, 0.3) is 0 Å². The highest BCUT2D eigenvalue weighted by atomic mass is 16.3. The monoisotopic (exact) mass is 203 g/mol. The topological polar surface area (TPSA) is 69.6 Å². The average molecular weight is 203 g/mol. The van der Waals surface area contributed by atoms with Gasteiger partial charge in [0, 0.05) is 25.9 Å². The quantitative estimate of drug-likeness (QED) is 0.566. The summed E-state index contributed by atoms with van der Waals surface area (Å²) in [4.78, 5) is 10.5. The van der Waals surface area contributed by atoms with Crippen LogP contribution in [0.4, 0.5) is 0 Å². The zero-order chi connectivity index (χ0) is 10.6. The van der Waals surface area contributed by atoms with Gasteiger partial charge >= 0.3 is 0 Å². The highest BCUT2D eigenvalue weighted by Crippen LogP contribution is 2.12. The normalized spacial score (nSPS) is 16.0. The Bertz CT molecular complexity index is 127. The van der Waals surface area contributed by atoms with Gasteiger partial charge in [0.05, 0.1) is 13.2 Å². The van der Waals surface area contributed by atoms with Crippen molar-refractivity contribution in [1.82, 2.24) is 5.32 Å². The molecule has 0 atom stereocenters. The fraction of sp³-hybridized carbons (Fsp3) is 0.900. The summed E-state index contributed by atoms with van der Waals surface area (Å²) >= 11 is 0. The lowest BCUT2D eigenvalue weighted by Crippen LogP contribution is -2.21. The van der Waals surface area contributed by atoms with Crippen molar-refractivity contribution >= 4 is 5.78 Å². The minimum Gasteiger partial charge on any atom is -0.395 e. The zero-order valence-corrected chi connectivity index (χ0v) is 8.67. The molecule has 0 unspecified atom stereocenters. The van der Waals surface area contributed by atoms with Crippen molar-refractivity contribution in [2.75, 3.05) is 26.3 Å². The molecular weight excluding hydrogens is 182 g/mol. The molecule has 0 heterocycles. The van der Waals surface area contributed by atoms with Crippen LogP contribution in [0.1, 0.15) is 32.1 Å². The molecule has 0 aromatic carbocycles. The summed E-state index contributed by atoms with van der Waals surface area (Å²) in [7, 11) is 0. The maximum atomic E-state index is 10.5. The van der Waals surface area contributed by atoms with E-state index in [9.17, 15) is 4.79 Å². The summed E-state index contributed by atoms with van der Waals surface area (Å²) in [6.45, 7) is 1.42. The second kappa shape index (κ2) is 10.6. The Balaban J connectivity index is 0.000000241. The molecule has 4 heteroatoms. The van der Waals surface area contributed by atoms with Gasteiger partial charge in [0.25, 0.3) is 0 Å². The van der Waals surface area contributed by atoms with E-state index in [-0.39, 0.29) is 13.2 Å². The number of aliphatic hydroxyl groups is 2. The molecule has 1 rings (SSSR count).